The summed E-state index contributed by atoms with van der Waals surface area (Å²) in [5.41, 5.74) is 6.82. The van der Waals surface area contributed by atoms with Crippen LogP contribution in [0.2, 0.25) is 0 Å². The van der Waals surface area contributed by atoms with Gasteiger partial charge in [-0.15, -0.1) is 0 Å². The summed E-state index contributed by atoms with van der Waals surface area (Å²) in [5, 5.41) is 0. The van der Waals surface area contributed by atoms with Gasteiger partial charge in [-0.2, -0.15) is 0 Å². The molecule has 1 aromatic heterocycles. The molecule has 0 aliphatic heterocycles. The molecule has 0 N–H and O–H groups in total. The van der Waals surface area contributed by atoms with Crippen molar-refractivity contribution >= 4 is 0 Å². The maximum Gasteiger partial charge on any atom is 0.164 e. The maximum atomic E-state index is 10.2. The molecule has 4 aromatic carbocycles. The lowest BCUT2D eigenvalue weighted by Gasteiger charge is -2.61. The third-order valence-electron chi connectivity index (χ3n) is 9.87. The van der Waals surface area contributed by atoms with Gasteiger partial charge < -0.3 is 0 Å². The molecule has 40 heavy (non-hydrogen) atoms. The van der Waals surface area contributed by atoms with E-state index < -0.39 is 17.2 Å². The molecule has 1 spiro atoms. The first-order valence-corrected chi connectivity index (χ1v) is 14.6. The van der Waals surface area contributed by atoms with E-state index in [1.807, 2.05) is 60.7 Å². The number of hydrogen-bond acceptors (Lipinski definition) is 3. The molecule has 3 heteroatoms. The molecule has 0 amide bonds. The number of aromatic nitrogens is 3. The monoisotopic (exact) mass is 519 g/mol. The van der Waals surface area contributed by atoms with Crippen molar-refractivity contribution < 1.29 is 2.74 Å². The van der Waals surface area contributed by atoms with E-state index in [4.69, 9.17) is 15.0 Å². The van der Waals surface area contributed by atoms with Gasteiger partial charge in [-0.1, -0.05) is 97.1 Å². The zero-order valence-electron chi connectivity index (χ0n) is 24.3. The third-order valence-corrected chi connectivity index (χ3v) is 9.87. The van der Waals surface area contributed by atoms with Crippen molar-refractivity contribution in [3.8, 4) is 45.3 Å². The molecule has 1 heterocycles. The minimum atomic E-state index is -0.692. The predicted molar refractivity (Wildman–Crippen MR) is 159 cm³/mol. The predicted octanol–water partition coefficient (Wildman–Crippen LogP) is 8.60. The lowest BCUT2D eigenvalue weighted by Crippen LogP contribution is -2.55. The van der Waals surface area contributed by atoms with Crippen molar-refractivity contribution in [3.63, 3.8) is 0 Å². The van der Waals surface area contributed by atoms with E-state index in [9.17, 15) is 2.74 Å². The summed E-state index contributed by atoms with van der Waals surface area (Å²) in [6.45, 7) is 0. The van der Waals surface area contributed by atoms with Crippen molar-refractivity contribution in [1.29, 1.82) is 0 Å². The van der Waals surface area contributed by atoms with Crippen LogP contribution in [0.15, 0.2) is 103 Å². The zero-order valence-corrected chi connectivity index (χ0v) is 22.3. The fraction of sp³-hybridized carbons (Fsp3) is 0.270. The highest BCUT2D eigenvalue weighted by atomic mass is 15.0. The van der Waals surface area contributed by atoms with Gasteiger partial charge in [0, 0.05) is 24.8 Å². The van der Waals surface area contributed by atoms with Crippen molar-refractivity contribution in [2.75, 3.05) is 0 Å². The van der Waals surface area contributed by atoms with Crippen LogP contribution in [-0.4, -0.2) is 15.0 Å². The molecule has 4 bridgehead atoms. The molecular weight excluding hydrogens is 486 g/mol. The van der Waals surface area contributed by atoms with Crippen LogP contribution in [-0.2, 0) is 5.41 Å². The molecule has 0 radical (unpaired) electrons. The topological polar surface area (TPSA) is 38.7 Å². The van der Waals surface area contributed by atoms with E-state index in [1.54, 1.807) is 0 Å². The highest BCUT2D eigenvalue weighted by molar-refractivity contribution is 5.84. The van der Waals surface area contributed by atoms with Crippen LogP contribution in [0.1, 0.15) is 46.0 Å². The van der Waals surface area contributed by atoms with Gasteiger partial charge in [0.2, 0.25) is 0 Å². The number of hydrogen-bond donors (Lipinski definition) is 0. The Morgan fingerprint density at radius 1 is 0.500 bits per heavy atom. The van der Waals surface area contributed by atoms with Crippen LogP contribution in [0.4, 0.5) is 0 Å². The van der Waals surface area contributed by atoms with Crippen molar-refractivity contribution in [1.82, 2.24) is 15.0 Å². The molecule has 4 fully saturated rings. The Labute approximate surface area is 238 Å². The van der Waals surface area contributed by atoms with Gasteiger partial charge in [0.1, 0.15) is 0 Å². The van der Waals surface area contributed by atoms with Gasteiger partial charge in [-0.25, -0.2) is 15.0 Å². The van der Waals surface area contributed by atoms with Crippen LogP contribution in [0, 0.1) is 23.6 Å². The van der Waals surface area contributed by atoms with Gasteiger partial charge in [-0.05, 0) is 84.0 Å². The molecule has 3 nitrogen and oxygen atoms in total. The zero-order chi connectivity index (χ0) is 28.1. The third kappa shape index (κ3) is 3.15. The summed E-state index contributed by atoms with van der Waals surface area (Å²) in [4.78, 5) is 14.9. The Morgan fingerprint density at radius 2 is 1.00 bits per heavy atom. The first-order valence-electron chi connectivity index (χ1n) is 15.6. The Kier molecular flexibility index (Phi) is 4.38. The van der Waals surface area contributed by atoms with E-state index in [1.165, 1.54) is 23.1 Å². The summed E-state index contributed by atoms with van der Waals surface area (Å²) in [5.74, 6) is 1.50. The minimum absolute atomic E-state index is 0.489. The SMILES string of the molecule is [2H]C12CC3CC(C1)CC([2H])(C3)C21c2ccccc2-c2ccc(-c3nc(-c4ccccc4)nc(-c4ccccc4)n3)cc21. The van der Waals surface area contributed by atoms with Gasteiger partial charge in [0.15, 0.2) is 17.5 Å². The summed E-state index contributed by atoms with van der Waals surface area (Å²) in [7, 11) is 0. The van der Waals surface area contributed by atoms with Crippen LogP contribution in [0.5, 0.6) is 0 Å². The van der Waals surface area contributed by atoms with Crippen LogP contribution in [0.3, 0.4) is 0 Å². The quantitative estimate of drug-likeness (QED) is 0.240. The summed E-state index contributed by atoms with van der Waals surface area (Å²) < 4.78 is 20.3. The average Bonchev–Trinajstić information content (AvgIpc) is 3.32. The lowest BCUT2D eigenvalue weighted by atomic mass is 9.43. The first-order chi connectivity index (χ1) is 20.5. The Bertz CT molecular complexity index is 1780. The molecule has 5 aliphatic carbocycles. The second-order valence-electron chi connectivity index (χ2n) is 12.1. The molecule has 194 valence electrons. The average molecular weight is 520 g/mol. The summed E-state index contributed by atoms with van der Waals surface area (Å²) >= 11 is 0. The van der Waals surface area contributed by atoms with Crippen LogP contribution in [0.25, 0.3) is 45.3 Å². The number of benzene rings is 4. The van der Waals surface area contributed by atoms with Crippen molar-refractivity contribution in [2.24, 2.45) is 23.6 Å². The summed E-state index contributed by atoms with van der Waals surface area (Å²) in [6.07, 6.45) is 4.71. The standard InChI is InChI=1S/C37H31N3/c1-3-9-25(10-4-1)34-38-35(26-11-5-2-6-12-26)40-36(39-34)27-15-16-31-30-13-7-8-14-32(30)37(33(31)22-27)28-18-23-17-24(20-28)21-29(37)19-23/h1-16,22-24,28-29H,17-21H2/i28D,29D. The van der Waals surface area contributed by atoms with Crippen LogP contribution >= 0.6 is 0 Å². The van der Waals surface area contributed by atoms with Gasteiger partial charge in [-0.3, -0.25) is 0 Å². The number of nitrogens with zero attached hydrogens (tertiary/aromatic N) is 3. The molecule has 0 saturated heterocycles. The number of rotatable bonds is 3. The van der Waals surface area contributed by atoms with E-state index in [-0.39, 0.29) is 0 Å². The fourth-order valence-corrected chi connectivity index (χ4v) is 8.49. The molecule has 4 saturated carbocycles. The maximum absolute atomic E-state index is 10.2. The second-order valence-corrected chi connectivity index (χ2v) is 12.1. The second kappa shape index (κ2) is 8.44. The lowest BCUT2D eigenvalue weighted by molar-refractivity contribution is -0.0399. The van der Waals surface area contributed by atoms with E-state index in [0.717, 1.165) is 47.9 Å². The largest absolute Gasteiger partial charge is 0.208 e. The van der Waals surface area contributed by atoms with E-state index in [2.05, 4.69) is 42.5 Å². The molecular formula is C37H31N3. The molecule has 5 aromatic rings. The normalized spacial score (nSPS) is 31.5. The molecule has 0 atom stereocenters. The van der Waals surface area contributed by atoms with Crippen molar-refractivity contribution in [3.05, 3.63) is 114 Å². The Balaban J connectivity index is 1.29. The fourth-order valence-electron chi connectivity index (χ4n) is 8.49. The molecule has 0 unspecified atom stereocenters. The van der Waals surface area contributed by atoms with Crippen molar-refractivity contribution in [2.45, 2.75) is 37.5 Å². The van der Waals surface area contributed by atoms with Gasteiger partial charge in [0.05, 0.1) is 0 Å². The number of fused-ring (bicyclic) bond motifs is 3. The highest BCUT2D eigenvalue weighted by Crippen LogP contribution is 2.69. The smallest absolute Gasteiger partial charge is 0.164 e. The van der Waals surface area contributed by atoms with Crippen LogP contribution < -0.4 is 0 Å². The van der Waals surface area contributed by atoms with Gasteiger partial charge in [0.25, 0.3) is 0 Å². The first kappa shape index (κ1) is 20.7. The molecule has 10 rings (SSSR count). The Morgan fingerprint density at radius 3 is 1.60 bits per heavy atom. The van der Waals surface area contributed by atoms with E-state index in [0.29, 0.717) is 29.3 Å². The summed E-state index contributed by atoms with van der Waals surface area (Å²) in [6, 6.07) is 35.3. The molecule has 5 aliphatic rings. The van der Waals surface area contributed by atoms with E-state index >= 15 is 0 Å². The van der Waals surface area contributed by atoms with Gasteiger partial charge >= 0.3 is 0 Å². The highest BCUT2D eigenvalue weighted by Gasteiger charge is 2.61. The Hall–Kier alpha value is -4.11. The minimum Gasteiger partial charge on any atom is -0.208 e.